The van der Waals surface area contributed by atoms with Crippen LogP contribution < -0.4 is 5.32 Å². The van der Waals surface area contributed by atoms with Gasteiger partial charge in [0.05, 0.1) is 25.9 Å². The molecule has 1 unspecified atom stereocenters. The van der Waals surface area contributed by atoms with Gasteiger partial charge in [0, 0.05) is 32.6 Å². The van der Waals surface area contributed by atoms with E-state index in [4.69, 9.17) is 20.6 Å². The summed E-state index contributed by atoms with van der Waals surface area (Å²) in [5.41, 5.74) is 0.0563. The Labute approximate surface area is 220 Å². The second-order valence-corrected chi connectivity index (χ2v) is 9.21. The van der Waals surface area contributed by atoms with Gasteiger partial charge in [0.15, 0.2) is 0 Å². The zero-order valence-electron chi connectivity index (χ0n) is 22.7. The summed E-state index contributed by atoms with van der Waals surface area (Å²) in [5.74, 6) is 1.52. The van der Waals surface area contributed by atoms with Crippen LogP contribution >= 0.6 is 0 Å². The van der Waals surface area contributed by atoms with Gasteiger partial charge in [0.2, 0.25) is 0 Å². The maximum absolute atomic E-state index is 12.8. The molecule has 9 nitrogen and oxygen atoms in total. The Morgan fingerprint density at radius 1 is 0.973 bits per heavy atom. The Hall–Kier alpha value is -2.93. The molecule has 0 spiro atoms. The molecule has 0 aliphatic carbocycles. The fraction of sp³-hybridized carbons (Fsp3) is 0.607. The van der Waals surface area contributed by atoms with Crippen LogP contribution in [0.15, 0.2) is 30.3 Å². The fourth-order valence-corrected chi connectivity index (χ4v) is 4.71. The summed E-state index contributed by atoms with van der Waals surface area (Å²) in [6, 6.07) is 7.96. The van der Waals surface area contributed by atoms with Crippen molar-refractivity contribution in [1.82, 2.24) is 15.1 Å². The number of hydrogen-bond donors (Lipinski definition) is 1. The van der Waals surface area contributed by atoms with E-state index in [1.165, 1.54) is 7.11 Å². The minimum atomic E-state index is -0.854. The Bertz CT molecular complexity index is 898. The molecule has 37 heavy (non-hydrogen) atoms. The van der Waals surface area contributed by atoms with Crippen LogP contribution in [0, 0.1) is 12.3 Å². The molecule has 1 aromatic rings. The Morgan fingerprint density at radius 3 is 1.92 bits per heavy atom. The minimum Gasteiger partial charge on any atom is -0.468 e. The molecule has 9 heteroatoms. The van der Waals surface area contributed by atoms with Crippen LogP contribution in [0.4, 0.5) is 0 Å². The highest BCUT2D eigenvalue weighted by atomic mass is 16.5. The van der Waals surface area contributed by atoms with Gasteiger partial charge in [-0.2, -0.15) is 0 Å². The van der Waals surface area contributed by atoms with E-state index in [1.807, 2.05) is 54.0 Å². The second-order valence-electron chi connectivity index (χ2n) is 9.21. The summed E-state index contributed by atoms with van der Waals surface area (Å²) in [6.45, 7) is 9.52. The monoisotopic (exact) mass is 515 g/mol. The summed E-state index contributed by atoms with van der Waals surface area (Å²) in [4.78, 5) is 42.4. The number of carbonyl (C=O) groups excluding carboxylic acids is 3. The van der Waals surface area contributed by atoms with Gasteiger partial charge in [-0.25, -0.2) is 0 Å². The zero-order chi connectivity index (χ0) is 27.4. The van der Waals surface area contributed by atoms with Crippen molar-refractivity contribution in [2.75, 3.05) is 46.5 Å². The third-order valence-corrected chi connectivity index (χ3v) is 6.81. The summed E-state index contributed by atoms with van der Waals surface area (Å²) in [5, 5.41) is 3.57. The number of terminal acetylenes is 1. The average molecular weight is 516 g/mol. The molecular formula is C28H41N3O6. The van der Waals surface area contributed by atoms with Gasteiger partial charge in [0.1, 0.15) is 18.1 Å². The lowest BCUT2D eigenvalue weighted by Crippen LogP contribution is -2.61. The van der Waals surface area contributed by atoms with E-state index >= 15 is 0 Å². The molecule has 2 rings (SSSR count). The SMILES string of the molecule is C#CCCC(NC1(c2ccccc2)CN([C@H](C)C(=O)OCC)CCN([C@H](C)C(=O)OCC)C1)C(=O)OC. The van der Waals surface area contributed by atoms with Crippen LogP contribution in [0.3, 0.4) is 0 Å². The Morgan fingerprint density at radius 2 is 1.49 bits per heavy atom. The lowest BCUT2D eigenvalue weighted by Gasteiger charge is -2.42. The van der Waals surface area contributed by atoms with Crippen LogP contribution in [0.1, 0.15) is 46.1 Å². The van der Waals surface area contributed by atoms with Crippen molar-refractivity contribution >= 4 is 17.9 Å². The highest BCUT2D eigenvalue weighted by Gasteiger charge is 2.45. The molecule has 1 aromatic carbocycles. The van der Waals surface area contributed by atoms with Gasteiger partial charge in [0.25, 0.3) is 0 Å². The first-order valence-electron chi connectivity index (χ1n) is 12.9. The predicted molar refractivity (Wildman–Crippen MR) is 140 cm³/mol. The second kappa shape index (κ2) is 14.7. The molecule has 1 N–H and O–H groups in total. The standard InChI is InChI=1S/C28H41N3O6/c1-7-10-16-24(27(34)35-6)29-28(23-14-12-11-13-15-23)19-30(21(4)25(32)36-8-2)17-18-31(20-28)22(5)26(33)37-9-3/h1,11-15,21-22,24,29H,8-10,16-20H2,2-6H3/t21-,22-,24?/m1/s1. The highest BCUT2D eigenvalue weighted by Crippen LogP contribution is 2.30. The number of carbonyl (C=O) groups is 3. The molecule has 1 aliphatic rings. The van der Waals surface area contributed by atoms with Crippen LogP contribution in [0.25, 0.3) is 0 Å². The number of esters is 3. The third-order valence-electron chi connectivity index (χ3n) is 6.81. The number of benzene rings is 1. The summed E-state index contributed by atoms with van der Waals surface area (Å²) >= 11 is 0. The average Bonchev–Trinajstić information content (AvgIpc) is 3.11. The van der Waals surface area contributed by atoms with E-state index in [1.54, 1.807) is 13.8 Å². The van der Waals surface area contributed by atoms with Gasteiger partial charge in [-0.05, 0) is 39.7 Å². The molecule has 0 bridgehead atoms. The maximum atomic E-state index is 12.8. The number of hydrogen-bond acceptors (Lipinski definition) is 9. The van der Waals surface area contributed by atoms with Crippen molar-refractivity contribution in [2.24, 2.45) is 0 Å². The number of ether oxygens (including phenoxy) is 3. The van der Waals surface area contributed by atoms with E-state index in [9.17, 15) is 14.4 Å². The first-order valence-corrected chi connectivity index (χ1v) is 12.9. The van der Waals surface area contributed by atoms with Crippen LogP contribution in [-0.2, 0) is 34.1 Å². The maximum Gasteiger partial charge on any atom is 0.323 e. The predicted octanol–water partition coefficient (Wildman–Crippen LogP) is 1.95. The first kappa shape index (κ1) is 30.3. The molecule has 0 saturated carbocycles. The molecule has 1 fully saturated rings. The highest BCUT2D eigenvalue weighted by molar-refractivity contribution is 5.77. The topological polar surface area (TPSA) is 97.4 Å². The van der Waals surface area contributed by atoms with E-state index in [2.05, 4.69) is 11.2 Å². The van der Waals surface area contributed by atoms with Crippen molar-refractivity contribution in [1.29, 1.82) is 0 Å². The van der Waals surface area contributed by atoms with Crippen molar-refractivity contribution in [3.63, 3.8) is 0 Å². The third kappa shape index (κ3) is 8.03. The van der Waals surface area contributed by atoms with Gasteiger partial charge in [-0.15, -0.1) is 12.3 Å². The van der Waals surface area contributed by atoms with Crippen LogP contribution in [-0.4, -0.2) is 92.3 Å². The Kier molecular flexibility index (Phi) is 12.1. The molecule has 0 amide bonds. The van der Waals surface area contributed by atoms with E-state index in [0.29, 0.717) is 39.0 Å². The smallest absolute Gasteiger partial charge is 0.323 e. The lowest BCUT2D eigenvalue weighted by atomic mass is 9.86. The van der Waals surface area contributed by atoms with Gasteiger partial charge in [-0.1, -0.05) is 30.3 Å². The van der Waals surface area contributed by atoms with Gasteiger partial charge < -0.3 is 14.2 Å². The molecule has 204 valence electrons. The molecule has 1 aliphatic heterocycles. The molecule has 1 heterocycles. The van der Waals surface area contributed by atoms with Crippen LogP contribution in [0.2, 0.25) is 0 Å². The quantitative estimate of drug-likeness (QED) is 0.254. The largest absolute Gasteiger partial charge is 0.468 e. The summed E-state index contributed by atoms with van der Waals surface area (Å²) < 4.78 is 15.7. The normalized spacial score (nSPS) is 18.5. The number of nitrogens with zero attached hydrogens (tertiary/aromatic N) is 2. The molecule has 0 aromatic heterocycles. The van der Waals surface area contributed by atoms with Crippen molar-refractivity contribution in [3.8, 4) is 12.3 Å². The van der Waals surface area contributed by atoms with Gasteiger partial charge >= 0.3 is 17.9 Å². The molecular weight excluding hydrogens is 474 g/mol. The lowest BCUT2D eigenvalue weighted by molar-refractivity contribution is -0.150. The molecule has 1 saturated heterocycles. The minimum absolute atomic E-state index is 0.279. The number of methoxy groups -OCH3 is 1. The van der Waals surface area contributed by atoms with Crippen molar-refractivity contribution in [2.45, 2.75) is 64.2 Å². The summed E-state index contributed by atoms with van der Waals surface area (Å²) in [6.07, 6.45) is 6.27. The van der Waals surface area contributed by atoms with Gasteiger partial charge in [-0.3, -0.25) is 29.5 Å². The Balaban J connectivity index is 2.62. The molecule has 0 radical (unpaired) electrons. The van der Waals surface area contributed by atoms with Crippen LogP contribution in [0.5, 0.6) is 0 Å². The van der Waals surface area contributed by atoms with E-state index in [-0.39, 0.29) is 25.2 Å². The van der Waals surface area contributed by atoms with E-state index in [0.717, 1.165) is 5.56 Å². The fourth-order valence-electron chi connectivity index (χ4n) is 4.71. The summed E-state index contributed by atoms with van der Waals surface area (Å²) in [7, 11) is 1.35. The number of rotatable bonds is 12. The zero-order valence-corrected chi connectivity index (χ0v) is 22.7. The number of nitrogens with one attached hydrogen (secondary N) is 1. The van der Waals surface area contributed by atoms with E-state index < -0.39 is 29.6 Å². The van der Waals surface area contributed by atoms with Crippen molar-refractivity contribution in [3.05, 3.63) is 35.9 Å². The molecule has 3 atom stereocenters. The first-order chi connectivity index (χ1) is 17.7. The van der Waals surface area contributed by atoms with Crippen molar-refractivity contribution < 1.29 is 28.6 Å².